The molecule has 0 atom stereocenters. The molecule has 0 saturated heterocycles. The van der Waals surface area contributed by atoms with Gasteiger partial charge in [-0.25, -0.2) is 4.79 Å². The van der Waals surface area contributed by atoms with Gasteiger partial charge in [0.1, 0.15) is 0 Å². The molecule has 0 aromatic heterocycles. The van der Waals surface area contributed by atoms with E-state index in [9.17, 15) is 4.79 Å². The van der Waals surface area contributed by atoms with Gasteiger partial charge in [0.05, 0.1) is 7.11 Å². The predicted octanol–water partition coefficient (Wildman–Crippen LogP) is 3.04. The molecule has 80 valence electrons. The molecule has 1 rings (SSSR count). The van der Waals surface area contributed by atoms with E-state index in [1.807, 2.05) is 44.2 Å². The first-order valence-electron chi connectivity index (χ1n) is 5.04. The molecule has 0 unspecified atom stereocenters. The third-order valence-corrected chi connectivity index (χ3v) is 2.44. The summed E-state index contributed by atoms with van der Waals surface area (Å²) in [6.45, 7) is 3.91. The van der Waals surface area contributed by atoms with Gasteiger partial charge in [0.15, 0.2) is 0 Å². The molecule has 0 fully saturated rings. The Morgan fingerprint density at radius 3 is 2.33 bits per heavy atom. The number of esters is 1. The number of hydrogen-bond donors (Lipinski definition) is 0. The molecule has 0 radical (unpaired) electrons. The normalized spacial score (nSPS) is 11.9. The molecule has 2 heteroatoms. The summed E-state index contributed by atoms with van der Waals surface area (Å²) in [5, 5.41) is 0. The first-order valence-corrected chi connectivity index (χ1v) is 5.04. The number of rotatable bonds is 3. The number of methoxy groups -OCH3 is 1. The molecule has 0 aliphatic rings. The van der Waals surface area contributed by atoms with Gasteiger partial charge < -0.3 is 4.74 Å². The van der Waals surface area contributed by atoms with Gasteiger partial charge in [0.25, 0.3) is 0 Å². The molecule has 15 heavy (non-hydrogen) atoms. The third kappa shape index (κ3) is 2.69. The highest BCUT2D eigenvalue weighted by Gasteiger charge is 2.11. The van der Waals surface area contributed by atoms with E-state index in [0.717, 1.165) is 16.7 Å². The average Bonchev–Trinajstić information content (AvgIpc) is 2.30. The van der Waals surface area contributed by atoms with Gasteiger partial charge in [-0.2, -0.15) is 0 Å². The van der Waals surface area contributed by atoms with Crippen LogP contribution in [-0.2, 0) is 9.53 Å². The van der Waals surface area contributed by atoms with Crippen molar-refractivity contribution in [3.8, 4) is 0 Å². The summed E-state index contributed by atoms with van der Waals surface area (Å²) in [4.78, 5) is 11.5. The number of carbonyl (C=O) groups excluding carboxylic acids is 1. The Morgan fingerprint density at radius 1 is 1.27 bits per heavy atom. The smallest absolute Gasteiger partial charge is 0.333 e. The van der Waals surface area contributed by atoms with E-state index in [4.69, 9.17) is 4.74 Å². The van der Waals surface area contributed by atoms with Gasteiger partial charge in [-0.1, -0.05) is 37.3 Å². The van der Waals surface area contributed by atoms with Gasteiger partial charge in [-0.15, -0.1) is 0 Å². The van der Waals surface area contributed by atoms with Crippen LogP contribution in [0.15, 0.2) is 35.9 Å². The van der Waals surface area contributed by atoms with Crippen LogP contribution < -0.4 is 0 Å². The van der Waals surface area contributed by atoms with Crippen LogP contribution >= 0.6 is 0 Å². The molecule has 0 amide bonds. The van der Waals surface area contributed by atoms with Gasteiger partial charge in [-0.3, -0.25) is 0 Å². The molecular weight excluding hydrogens is 188 g/mol. The van der Waals surface area contributed by atoms with Crippen molar-refractivity contribution >= 4 is 11.5 Å². The summed E-state index contributed by atoms with van der Waals surface area (Å²) in [6, 6.07) is 9.87. The summed E-state index contributed by atoms with van der Waals surface area (Å²) in [6.07, 6.45) is 0.688. The molecule has 0 heterocycles. The predicted molar refractivity (Wildman–Crippen MR) is 61.3 cm³/mol. The Morgan fingerprint density at radius 2 is 1.87 bits per heavy atom. The van der Waals surface area contributed by atoms with Crippen molar-refractivity contribution in [1.29, 1.82) is 0 Å². The van der Waals surface area contributed by atoms with E-state index in [2.05, 4.69) is 0 Å². The molecule has 0 bridgehead atoms. The standard InChI is InChI=1S/C13H16O2/c1-4-12(13(14)15-3)10(2)11-8-6-5-7-9-11/h5-9H,4H2,1-3H3. The van der Waals surface area contributed by atoms with E-state index in [0.29, 0.717) is 6.42 Å². The van der Waals surface area contributed by atoms with Crippen LogP contribution in [0, 0.1) is 0 Å². The topological polar surface area (TPSA) is 26.3 Å². The Hall–Kier alpha value is -1.57. The Kier molecular flexibility index (Phi) is 4.10. The Bertz CT molecular complexity index is 363. The van der Waals surface area contributed by atoms with Crippen LogP contribution in [0.2, 0.25) is 0 Å². The van der Waals surface area contributed by atoms with E-state index < -0.39 is 0 Å². The van der Waals surface area contributed by atoms with E-state index in [1.165, 1.54) is 7.11 Å². The van der Waals surface area contributed by atoms with Crippen LogP contribution in [0.5, 0.6) is 0 Å². The maximum Gasteiger partial charge on any atom is 0.333 e. The summed E-state index contributed by atoms with van der Waals surface area (Å²) < 4.78 is 4.75. The molecule has 0 aliphatic carbocycles. The maximum absolute atomic E-state index is 11.5. The zero-order valence-electron chi connectivity index (χ0n) is 9.41. The van der Waals surface area contributed by atoms with Crippen molar-refractivity contribution < 1.29 is 9.53 Å². The Balaban J connectivity index is 3.12. The Labute approximate surface area is 90.6 Å². The monoisotopic (exact) mass is 204 g/mol. The van der Waals surface area contributed by atoms with Gasteiger partial charge >= 0.3 is 5.97 Å². The third-order valence-electron chi connectivity index (χ3n) is 2.44. The lowest BCUT2D eigenvalue weighted by molar-refractivity contribution is -0.136. The highest BCUT2D eigenvalue weighted by Crippen LogP contribution is 2.20. The van der Waals surface area contributed by atoms with Crippen molar-refractivity contribution in [3.63, 3.8) is 0 Å². The van der Waals surface area contributed by atoms with Gasteiger partial charge in [-0.05, 0) is 24.5 Å². The van der Waals surface area contributed by atoms with Crippen molar-refractivity contribution in [2.45, 2.75) is 20.3 Å². The summed E-state index contributed by atoms with van der Waals surface area (Å²) >= 11 is 0. The minimum atomic E-state index is -0.237. The molecular formula is C13H16O2. The van der Waals surface area contributed by atoms with Crippen LogP contribution in [-0.4, -0.2) is 13.1 Å². The van der Waals surface area contributed by atoms with Gasteiger partial charge in [0.2, 0.25) is 0 Å². The van der Waals surface area contributed by atoms with E-state index >= 15 is 0 Å². The van der Waals surface area contributed by atoms with Gasteiger partial charge in [0, 0.05) is 5.57 Å². The quantitative estimate of drug-likeness (QED) is 0.558. The fourth-order valence-electron chi connectivity index (χ4n) is 1.55. The number of allylic oxidation sites excluding steroid dienone is 1. The molecule has 1 aromatic carbocycles. The van der Waals surface area contributed by atoms with Crippen molar-refractivity contribution in [3.05, 3.63) is 41.5 Å². The second-order valence-corrected chi connectivity index (χ2v) is 3.31. The number of ether oxygens (including phenoxy) is 1. The van der Waals surface area contributed by atoms with E-state index in [1.54, 1.807) is 0 Å². The molecule has 0 aliphatic heterocycles. The lowest BCUT2D eigenvalue weighted by Crippen LogP contribution is -2.05. The second kappa shape index (κ2) is 5.35. The largest absolute Gasteiger partial charge is 0.466 e. The van der Waals surface area contributed by atoms with Crippen LogP contribution in [0.1, 0.15) is 25.8 Å². The second-order valence-electron chi connectivity index (χ2n) is 3.31. The summed E-state index contributed by atoms with van der Waals surface area (Å²) in [5.41, 5.74) is 2.80. The highest BCUT2D eigenvalue weighted by molar-refractivity contribution is 5.97. The molecule has 0 saturated carbocycles. The number of hydrogen-bond acceptors (Lipinski definition) is 2. The number of benzene rings is 1. The van der Waals surface area contributed by atoms with E-state index in [-0.39, 0.29) is 5.97 Å². The van der Waals surface area contributed by atoms with Crippen molar-refractivity contribution in [2.24, 2.45) is 0 Å². The van der Waals surface area contributed by atoms with Crippen LogP contribution in [0.25, 0.3) is 5.57 Å². The zero-order valence-corrected chi connectivity index (χ0v) is 9.41. The maximum atomic E-state index is 11.5. The van der Waals surface area contributed by atoms with Crippen molar-refractivity contribution in [1.82, 2.24) is 0 Å². The first kappa shape index (κ1) is 11.5. The summed E-state index contributed by atoms with van der Waals surface area (Å²) in [7, 11) is 1.41. The van der Waals surface area contributed by atoms with Crippen LogP contribution in [0.4, 0.5) is 0 Å². The SMILES string of the molecule is CCC(C(=O)OC)=C(C)c1ccccc1. The molecule has 0 spiro atoms. The molecule has 0 N–H and O–H groups in total. The number of carbonyl (C=O) groups is 1. The lowest BCUT2D eigenvalue weighted by atomic mass is 10.00. The minimum Gasteiger partial charge on any atom is -0.466 e. The van der Waals surface area contributed by atoms with Crippen molar-refractivity contribution in [2.75, 3.05) is 7.11 Å². The fourth-order valence-corrected chi connectivity index (χ4v) is 1.55. The van der Waals surface area contributed by atoms with Crippen LogP contribution in [0.3, 0.4) is 0 Å². The minimum absolute atomic E-state index is 0.237. The lowest BCUT2D eigenvalue weighted by Gasteiger charge is -2.08. The first-order chi connectivity index (χ1) is 7.20. The zero-order chi connectivity index (χ0) is 11.3. The summed E-state index contributed by atoms with van der Waals surface area (Å²) in [5.74, 6) is -0.237. The molecule has 1 aromatic rings. The molecule has 2 nitrogen and oxygen atoms in total. The highest BCUT2D eigenvalue weighted by atomic mass is 16.5. The fraction of sp³-hybridized carbons (Fsp3) is 0.308. The average molecular weight is 204 g/mol.